The van der Waals surface area contributed by atoms with Crippen molar-refractivity contribution in [1.82, 2.24) is 4.90 Å². The monoisotopic (exact) mass is 351 g/mol. The van der Waals surface area contributed by atoms with Gasteiger partial charge in [0.15, 0.2) is 0 Å². The van der Waals surface area contributed by atoms with Crippen molar-refractivity contribution in [3.63, 3.8) is 0 Å². The first-order valence-corrected chi connectivity index (χ1v) is 7.20. The number of carboxylic acids is 1. The van der Waals surface area contributed by atoms with Crippen molar-refractivity contribution in [2.24, 2.45) is 11.8 Å². The summed E-state index contributed by atoms with van der Waals surface area (Å²) < 4.78 is 0.762. The first-order chi connectivity index (χ1) is 9.92. The van der Waals surface area contributed by atoms with E-state index in [-0.39, 0.29) is 11.9 Å². The van der Waals surface area contributed by atoms with Gasteiger partial charge in [-0.05, 0) is 18.2 Å². The highest BCUT2D eigenvalue weighted by molar-refractivity contribution is 9.10. The highest BCUT2D eigenvalue weighted by Gasteiger charge is 2.37. The van der Waals surface area contributed by atoms with Gasteiger partial charge < -0.3 is 15.3 Å². The SMILES string of the molecule is CC(C(=O)O)C1CN(C(=O)Nc2cc(Br)ccc2C#N)C1. The number of hydrogen-bond acceptors (Lipinski definition) is 3. The van der Waals surface area contributed by atoms with E-state index in [4.69, 9.17) is 10.4 Å². The number of nitriles is 1. The predicted molar refractivity (Wildman–Crippen MR) is 79.7 cm³/mol. The van der Waals surface area contributed by atoms with Gasteiger partial charge in [-0.1, -0.05) is 22.9 Å². The molecule has 0 aromatic heterocycles. The lowest BCUT2D eigenvalue weighted by Crippen LogP contribution is -2.54. The molecule has 1 saturated heterocycles. The standard InChI is InChI=1S/C14H14BrN3O3/c1-8(13(19)20)10-6-18(7-10)14(21)17-12-4-11(15)3-2-9(12)5-16/h2-4,8,10H,6-7H2,1H3,(H,17,21)(H,19,20). The number of nitrogens with zero attached hydrogens (tertiary/aromatic N) is 2. The van der Waals surface area contributed by atoms with Crippen LogP contribution < -0.4 is 5.32 Å². The topological polar surface area (TPSA) is 93.4 Å². The number of carbonyl (C=O) groups excluding carboxylic acids is 1. The molecule has 1 unspecified atom stereocenters. The van der Waals surface area contributed by atoms with Crippen LogP contribution in [0.1, 0.15) is 12.5 Å². The third kappa shape index (κ3) is 3.34. The highest BCUT2D eigenvalue weighted by atomic mass is 79.9. The minimum Gasteiger partial charge on any atom is -0.481 e. The molecule has 1 fully saturated rings. The van der Waals surface area contributed by atoms with Crippen molar-refractivity contribution in [3.8, 4) is 6.07 Å². The Balaban J connectivity index is 1.97. The van der Waals surface area contributed by atoms with Crippen molar-refractivity contribution in [3.05, 3.63) is 28.2 Å². The Kier molecular flexibility index (Phi) is 4.48. The molecule has 2 rings (SSSR count). The maximum atomic E-state index is 12.1. The van der Waals surface area contributed by atoms with E-state index in [0.29, 0.717) is 24.3 Å². The number of carbonyl (C=O) groups is 2. The van der Waals surface area contributed by atoms with Crippen LogP contribution in [0.15, 0.2) is 22.7 Å². The quantitative estimate of drug-likeness (QED) is 0.874. The van der Waals surface area contributed by atoms with Gasteiger partial charge in [-0.25, -0.2) is 4.79 Å². The van der Waals surface area contributed by atoms with E-state index in [9.17, 15) is 9.59 Å². The van der Waals surface area contributed by atoms with Gasteiger partial charge in [0.05, 0.1) is 17.2 Å². The normalized spacial score (nSPS) is 15.8. The minimum absolute atomic E-state index is 0.0220. The summed E-state index contributed by atoms with van der Waals surface area (Å²) in [4.78, 5) is 24.5. The average molecular weight is 352 g/mol. The van der Waals surface area contributed by atoms with Gasteiger partial charge in [-0.15, -0.1) is 0 Å². The zero-order valence-electron chi connectivity index (χ0n) is 11.3. The summed E-state index contributed by atoms with van der Waals surface area (Å²) in [5.74, 6) is -1.33. The average Bonchev–Trinajstić information content (AvgIpc) is 2.36. The van der Waals surface area contributed by atoms with Crippen LogP contribution in [0.4, 0.5) is 10.5 Å². The van der Waals surface area contributed by atoms with E-state index in [1.54, 1.807) is 25.1 Å². The van der Waals surface area contributed by atoms with Crippen LogP contribution >= 0.6 is 15.9 Å². The summed E-state index contributed by atoms with van der Waals surface area (Å²) in [6.45, 7) is 2.47. The molecule has 1 aromatic carbocycles. The smallest absolute Gasteiger partial charge is 0.321 e. The molecular formula is C14H14BrN3O3. The molecule has 1 aliphatic rings. The van der Waals surface area contributed by atoms with Crippen molar-refractivity contribution < 1.29 is 14.7 Å². The molecule has 7 heteroatoms. The van der Waals surface area contributed by atoms with E-state index < -0.39 is 11.9 Å². The number of likely N-dealkylation sites (tertiary alicyclic amines) is 1. The van der Waals surface area contributed by atoms with Crippen LogP contribution in [0.3, 0.4) is 0 Å². The third-order valence-electron chi connectivity index (χ3n) is 3.64. The lowest BCUT2D eigenvalue weighted by Gasteiger charge is -2.41. The van der Waals surface area contributed by atoms with Crippen molar-refractivity contribution >= 4 is 33.6 Å². The van der Waals surface area contributed by atoms with E-state index in [2.05, 4.69) is 21.2 Å². The maximum Gasteiger partial charge on any atom is 0.321 e. The fourth-order valence-corrected chi connectivity index (χ4v) is 2.47. The fourth-order valence-electron chi connectivity index (χ4n) is 2.11. The van der Waals surface area contributed by atoms with Crippen LogP contribution in [0, 0.1) is 23.2 Å². The molecule has 21 heavy (non-hydrogen) atoms. The Labute approximate surface area is 130 Å². The molecule has 2 N–H and O–H groups in total. The van der Waals surface area contributed by atoms with Gasteiger partial charge in [0.1, 0.15) is 6.07 Å². The number of urea groups is 1. The number of nitrogens with one attached hydrogen (secondary N) is 1. The van der Waals surface area contributed by atoms with Crippen LogP contribution in [0.5, 0.6) is 0 Å². The molecule has 1 heterocycles. The third-order valence-corrected chi connectivity index (χ3v) is 4.13. The highest BCUT2D eigenvalue weighted by Crippen LogP contribution is 2.26. The number of halogens is 1. The second kappa shape index (κ2) is 6.14. The van der Waals surface area contributed by atoms with E-state index in [0.717, 1.165) is 4.47 Å². The second-order valence-corrected chi connectivity index (χ2v) is 5.94. The van der Waals surface area contributed by atoms with Gasteiger partial charge >= 0.3 is 12.0 Å². The number of benzene rings is 1. The summed E-state index contributed by atoms with van der Waals surface area (Å²) in [7, 11) is 0. The van der Waals surface area contributed by atoms with Gasteiger partial charge in [0.25, 0.3) is 0 Å². The van der Waals surface area contributed by atoms with E-state index >= 15 is 0 Å². The fraction of sp³-hybridized carbons (Fsp3) is 0.357. The first-order valence-electron chi connectivity index (χ1n) is 6.40. The van der Waals surface area contributed by atoms with Crippen molar-refractivity contribution in [2.45, 2.75) is 6.92 Å². The largest absolute Gasteiger partial charge is 0.481 e. The molecule has 1 aromatic rings. The Morgan fingerprint density at radius 2 is 2.19 bits per heavy atom. The Morgan fingerprint density at radius 3 is 2.76 bits per heavy atom. The van der Waals surface area contributed by atoms with Gasteiger partial charge in [-0.3, -0.25) is 4.79 Å². The summed E-state index contributed by atoms with van der Waals surface area (Å²) in [6.07, 6.45) is 0. The van der Waals surface area contributed by atoms with Crippen molar-refractivity contribution in [1.29, 1.82) is 5.26 Å². The summed E-state index contributed by atoms with van der Waals surface area (Å²) >= 11 is 3.29. The Hall–Kier alpha value is -2.07. The number of aliphatic carboxylic acids is 1. The predicted octanol–water partition coefficient (Wildman–Crippen LogP) is 2.51. The lowest BCUT2D eigenvalue weighted by atomic mass is 9.87. The summed E-state index contributed by atoms with van der Waals surface area (Å²) in [5.41, 5.74) is 0.814. The minimum atomic E-state index is -0.848. The molecule has 0 spiro atoms. The summed E-state index contributed by atoms with van der Waals surface area (Å²) in [6, 6.07) is 6.69. The number of anilines is 1. The van der Waals surface area contributed by atoms with Crippen LogP contribution in [0.2, 0.25) is 0 Å². The van der Waals surface area contributed by atoms with Gasteiger partial charge in [0, 0.05) is 23.5 Å². The molecule has 0 radical (unpaired) electrons. The second-order valence-electron chi connectivity index (χ2n) is 5.02. The molecule has 2 amide bonds. The Morgan fingerprint density at radius 1 is 1.52 bits per heavy atom. The Bertz CT molecular complexity index is 620. The molecule has 110 valence electrons. The molecule has 1 aliphatic heterocycles. The van der Waals surface area contributed by atoms with E-state index in [1.165, 1.54) is 4.90 Å². The van der Waals surface area contributed by atoms with Crippen LogP contribution in [-0.4, -0.2) is 35.1 Å². The van der Waals surface area contributed by atoms with Gasteiger partial charge in [0.2, 0.25) is 0 Å². The number of hydrogen-bond donors (Lipinski definition) is 2. The lowest BCUT2D eigenvalue weighted by molar-refractivity contribution is -0.144. The first kappa shape index (κ1) is 15.3. The molecular weight excluding hydrogens is 338 g/mol. The van der Waals surface area contributed by atoms with Crippen molar-refractivity contribution in [2.75, 3.05) is 18.4 Å². The molecule has 6 nitrogen and oxygen atoms in total. The molecule has 0 bridgehead atoms. The maximum absolute atomic E-state index is 12.1. The van der Waals surface area contributed by atoms with Crippen LogP contribution in [-0.2, 0) is 4.79 Å². The zero-order valence-corrected chi connectivity index (χ0v) is 12.9. The number of amides is 2. The molecule has 1 atom stereocenters. The number of carboxylic acid groups (broad SMARTS) is 1. The molecule has 0 saturated carbocycles. The van der Waals surface area contributed by atoms with Crippen LogP contribution in [0.25, 0.3) is 0 Å². The van der Waals surface area contributed by atoms with E-state index in [1.807, 2.05) is 6.07 Å². The zero-order chi connectivity index (χ0) is 15.6. The van der Waals surface area contributed by atoms with Gasteiger partial charge in [-0.2, -0.15) is 5.26 Å². The molecule has 0 aliphatic carbocycles. The summed E-state index contributed by atoms with van der Waals surface area (Å²) in [5, 5.41) is 20.6. The number of rotatable bonds is 3.